The Kier molecular flexibility index (Phi) is 8.93. The second-order valence-corrected chi connectivity index (χ2v) is 20.6. The van der Waals surface area contributed by atoms with Crippen LogP contribution in [0.5, 0.6) is 0 Å². The maximum absolute atomic E-state index is 13.6. The molecule has 13 heteroatoms. The van der Waals surface area contributed by atoms with Crippen molar-refractivity contribution in [1.82, 2.24) is 23.7 Å². The predicted molar refractivity (Wildman–Crippen MR) is 177 cm³/mol. The van der Waals surface area contributed by atoms with Crippen LogP contribution in [-0.4, -0.2) is 92.2 Å². The zero-order valence-corrected chi connectivity index (χ0v) is 29.4. The molecule has 11 nitrogen and oxygen atoms in total. The van der Waals surface area contributed by atoms with Crippen molar-refractivity contribution in [2.75, 3.05) is 20.2 Å². The molecule has 3 aromatic rings. The Bertz CT molecular complexity index is 1660. The molecule has 5 rings (SSSR count). The number of carbonyl (C=O) groups is 2. The molecule has 0 saturated carbocycles. The Labute approximate surface area is 269 Å². The van der Waals surface area contributed by atoms with Gasteiger partial charge in [-0.3, -0.25) is 9.36 Å². The highest BCUT2D eigenvalue weighted by Crippen LogP contribution is 2.36. The van der Waals surface area contributed by atoms with E-state index in [-0.39, 0.29) is 41.5 Å². The van der Waals surface area contributed by atoms with E-state index in [2.05, 4.69) is 41.1 Å². The third-order valence-corrected chi connectivity index (χ3v) is 12.2. The number of aliphatic hydroxyl groups is 1. The molecule has 1 fully saturated rings. The van der Waals surface area contributed by atoms with Gasteiger partial charge in [-0.25, -0.2) is 14.6 Å². The lowest BCUT2D eigenvalue weighted by molar-refractivity contribution is -0.0424. The van der Waals surface area contributed by atoms with Crippen LogP contribution in [-0.2, 0) is 28.9 Å². The molecule has 244 valence electrons. The molecule has 45 heavy (non-hydrogen) atoms. The molecule has 2 aliphatic rings. The molecular weight excluding hydrogens is 611 g/mol. The fraction of sp³-hybridized carbons (Fsp3) is 0.594. The molecule has 1 N–H and O–H groups in total. The number of hydrogen-bond donors (Lipinski definition) is 1. The summed E-state index contributed by atoms with van der Waals surface area (Å²) in [5, 5.41) is 11.7. The van der Waals surface area contributed by atoms with Gasteiger partial charge in [-0.05, 0) is 87.7 Å². The molecule has 1 aromatic carbocycles. The van der Waals surface area contributed by atoms with Crippen LogP contribution in [0.25, 0.3) is 21.5 Å². The van der Waals surface area contributed by atoms with Crippen LogP contribution in [0.4, 0.5) is 9.59 Å². The first-order valence-corrected chi connectivity index (χ1v) is 19.9. The third-order valence-electron chi connectivity index (χ3n) is 8.80. The average molecular weight is 656 g/mol. The van der Waals surface area contributed by atoms with Gasteiger partial charge in [0.1, 0.15) is 11.1 Å². The lowest BCUT2D eigenvalue weighted by Crippen LogP contribution is -2.62. The highest BCUT2D eigenvalue weighted by atomic mass is 32.1. The summed E-state index contributed by atoms with van der Waals surface area (Å²) >= 11 is 1.23. The first-order valence-electron chi connectivity index (χ1n) is 15.6. The summed E-state index contributed by atoms with van der Waals surface area (Å²) in [5.41, 5.74) is 1.91. The van der Waals surface area contributed by atoms with Gasteiger partial charge in [0, 0.05) is 25.3 Å². The van der Waals surface area contributed by atoms with E-state index in [0.29, 0.717) is 37.9 Å². The zero-order chi connectivity index (χ0) is 32.9. The minimum atomic E-state index is -1.92. The molecule has 3 heterocycles. The lowest BCUT2D eigenvalue weighted by Gasteiger charge is -2.48. The van der Waals surface area contributed by atoms with Gasteiger partial charge in [0.05, 0.1) is 38.0 Å². The number of aromatic nitrogens is 3. The summed E-state index contributed by atoms with van der Waals surface area (Å²) in [6.07, 6.45) is 2.98. The van der Waals surface area contributed by atoms with E-state index in [0.717, 1.165) is 22.4 Å². The number of likely N-dealkylation sites (N-methyl/N-ethyl adjacent to an activating group) is 1. The Hall–Kier alpha value is -3.29. The van der Waals surface area contributed by atoms with Gasteiger partial charge in [0.25, 0.3) is 5.56 Å². The van der Waals surface area contributed by atoms with E-state index in [1.807, 2.05) is 26.8 Å². The summed E-state index contributed by atoms with van der Waals surface area (Å²) in [4.78, 5) is 47.9. The number of rotatable bonds is 6. The fourth-order valence-electron chi connectivity index (χ4n) is 6.37. The van der Waals surface area contributed by atoms with Crippen LogP contribution in [0, 0.1) is 0 Å². The standard InChI is InChI=1S/C32H45N5O6SSi/c1-9-42-30(40)37-13-12-32(41,17-24(37)45(6,7)8)18-36-19-33-25-26(28(36)38)34-44-27(25)21-11-10-20-15-23(16-22(20)14-21)35(5)29(39)43-31(2,3)4/h10-11,14,19,23-24,41H,9,12-13,15-18H2,1-8H3. The first kappa shape index (κ1) is 33.1. The third kappa shape index (κ3) is 6.95. The molecule has 2 aromatic heterocycles. The van der Waals surface area contributed by atoms with Gasteiger partial charge in [-0.2, -0.15) is 4.37 Å². The largest absolute Gasteiger partial charge is 0.450 e. The van der Waals surface area contributed by atoms with Crippen molar-refractivity contribution in [3.63, 3.8) is 0 Å². The maximum atomic E-state index is 13.6. The maximum Gasteiger partial charge on any atom is 0.410 e. The SMILES string of the molecule is CCOC(=O)N1CCC(O)(Cn2cnc3c(-c4ccc5c(c4)CC(N(C)C(=O)OC(C)(C)C)C5)snc3c2=O)CC1[Si](C)(C)C. The molecule has 1 saturated heterocycles. The van der Waals surface area contributed by atoms with Crippen LogP contribution in [0.2, 0.25) is 19.6 Å². The van der Waals surface area contributed by atoms with Gasteiger partial charge in [-0.1, -0.05) is 31.8 Å². The zero-order valence-electron chi connectivity index (χ0n) is 27.5. The number of carbonyl (C=O) groups excluding carboxylic acids is 2. The average Bonchev–Trinajstić information content (AvgIpc) is 3.57. The summed E-state index contributed by atoms with van der Waals surface area (Å²) in [6.45, 7) is 14.6. The summed E-state index contributed by atoms with van der Waals surface area (Å²) < 4.78 is 16.8. The second-order valence-electron chi connectivity index (χ2n) is 14.5. The quantitative estimate of drug-likeness (QED) is 0.364. The lowest BCUT2D eigenvalue weighted by atomic mass is 9.91. The number of benzene rings is 1. The highest BCUT2D eigenvalue weighted by Gasteiger charge is 2.46. The van der Waals surface area contributed by atoms with Crippen LogP contribution < -0.4 is 5.56 Å². The summed E-state index contributed by atoms with van der Waals surface area (Å²) in [6, 6.07) is 6.21. The van der Waals surface area contributed by atoms with Gasteiger partial charge < -0.3 is 24.4 Å². The smallest absolute Gasteiger partial charge is 0.410 e. The number of nitrogens with zero attached hydrogens (tertiary/aromatic N) is 5. The molecule has 0 bridgehead atoms. The number of fused-ring (bicyclic) bond motifs is 2. The molecule has 2 amide bonds. The van der Waals surface area contributed by atoms with Crippen molar-refractivity contribution >= 4 is 42.8 Å². The predicted octanol–water partition coefficient (Wildman–Crippen LogP) is 5.08. The number of hydrogen-bond acceptors (Lipinski definition) is 9. The Balaban J connectivity index is 1.35. The molecule has 0 spiro atoms. The van der Waals surface area contributed by atoms with Crippen molar-refractivity contribution in [3.8, 4) is 10.4 Å². The van der Waals surface area contributed by atoms with E-state index in [9.17, 15) is 19.5 Å². The molecule has 3 unspecified atom stereocenters. The van der Waals surface area contributed by atoms with E-state index in [4.69, 9.17) is 9.47 Å². The minimum Gasteiger partial charge on any atom is -0.450 e. The van der Waals surface area contributed by atoms with Crippen molar-refractivity contribution < 1.29 is 24.2 Å². The van der Waals surface area contributed by atoms with E-state index in [1.54, 1.807) is 23.8 Å². The van der Waals surface area contributed by atoms with E-state index in [1.165, 1.54) is 28.0 Å². The number of amides is 2. The molecule has 1 aliphatic carbocycles. The van der Waals surface area contributed by atoms with Crippen LogP contribution in [0.15, 0.2) is 29.3 Å². The highest BCUT2D eigenvalue weighted by molar-refractivity contribution is 7.11. The monoisotopic (exact) mass is 655 g/mol. The van der Waals surface area contributed by atoms with Crippen LogP contribution >= 0.6 is 11.5 Å². The molecule has 0 radical (unpaired) electrons. The molecule has 1 aliphatic heterocycles. The summed E-state index contributed by atoms with van der Waals surface area (Å²) in [5.74, 6) is 0. The normalized spacial score (nSPS) is 21.9. The molecule has 3 atom stereocenters. The van der Waals surface area contributed by atoms with E-state index < -0.39 is 19.3 Å². The molecular formula is C32H45N5O6SSi. The fourth-order valence-corrected chi connectivity index (χ4v) is 9.35. The van der Waals surface area contributed by atoms with Gasteiger partial charge in [0.15, 0.2) is 5.52 Å². The number of likely N-dealkylation sites (tertiary alicyclic amines) is 1. The second kappa shape index (κ2) is 12.1. The number of ether oxygens (including phenoxy) is 2. The number of piperidine rings is 1. The van der Waals surface area contributed by atoms with Crippen molar-refractivity contribution in [2.45, 2.75) is 102 Å². The Morgan fingerprint density at radius 2 is 1.89 bits per heavy atom. The van der Waals surface area contributed by atoms with Crippen LogP contribution in [0.3, 0.4) is 0 Å². The first-order chi connectivity index (χ1) is 21.0. The minimum absolute atomic E-state index is 0.00383. The van der Waals surface area contributed by atoms with Gasteiger partial charge in [-0.15, -0.1) is 0 Å². The summed E-state index contributed by atoms with van der Waals surface area (Å²) in [7, 11) is -0.136. The van der Waals surface area contributed by atoms with Crippen molar-refractivity contribution in [1.29, 1.82) is 0 Å². The topological polar surface area (TPSA) is 127 Å². The van der Waals surface area contributed by atoms with Gasteiger partial charge in [0.2, 0.25) is 0 Å². The van der Waals surface area contributed by atoms with Crippen molar-refractivity contribution in [3.05, 3.63) is 46.0 Å². The van der Waals surface area contributed by atoms with Crippen LogP contribution in [0.1, 0.15) is 51.7 Å². The van der Waals surface area contributed by atoms with E-state index >= 15 is 0 Å². The van der Waals surface area contributed by atoms with Crippen molar-refractivity contribution in [2.24, 2.45) is 0 Å². The Morgan fingerprint density at radius 1 is 1.18 bits per heavy atom. The Morgan fingerprint density at radius 3 is 2.56 bits per heavy atom. The van der Waals surface area contributed by atoms with Gasteiger partial charge >= 0.3 is 12.2 Å².